The molecule has 1 aromatic heterocycles. The molecule has 7 heteroatoms. The summed E-state index contributed by atoms with van der Waals surface area (Å²) in [6.07, 6.45) is 2.36. The largest absolute Gasteiger partial charge is 0.497 e. The number of nitrogens with zero attached hydrogens (tertiary/aromatic N) is 1. The molecule has 27 heavy (non-hydrogen) atoms. The molecule has 0 saturated carbocycles. The average Bonchev–Trinajstić information content (AvgIpc) is 3.41. The lowest BCUT2D eigenvalue weighted by molar-refractivity contribution is -0.139. The lowest BCUT2D eigenvalue weighted by Crippen LogP contribution is -2.43. The number of benzene rings is 1. The Balaban J connectivity index is 1.49. The summed E-state index contributed by atoms with van der Waals surface area (Å²) in [4.78, 5) is 26.7. The van der Waals surface area contributed by atoms with Crippen LogP contribution in [0.5, 0.6) is 5.75 Å². The molecule has 1 aliphatic rings. The Kier molecular flexibility index (Phi) is 6.84. The first kappa shape index (κ1) is 19.4. The molecule has 0 bridgehead atoms. The molecule has 3 rings (SSSR count). The van der Waals surface area contributed by atoms with Crippen LogP contribution in [0, 0.1) is 0 Å². The Hall–Kier alpha value is -2.38. The molecular weight excluding hydrogens is 362 g/mol. The number of nitrogens with one attached hydrogen (secondary N) is 2. The van der Waals surface area contributed by atoms with Gasteiger partial charge in [0.05, 0.1) is 13.2 Å². The van der Waals surface area contributed by atoms with Crippen molar-refractivity contribution >= 4 is 23.2 Å². The van der Waals surface area contributed by atoms with E-state index in [2.05, 4.69) is 27.0 Å². The SMILES string of the molecule is COc1ccc(CNC(=O)C(=O)NC[C@@H](c2ccsc2)N2CCCC2)cc1. The third-order valence-electron chi connectivity index (χ3n) is 4.78. The lowest BCUT2D eigenvalue weighted by atomic mass is 10.1. The first-order chi connectivity index (χ1) is 13.2. The van der Waals surface area contributed by atoms with Crippen LogP contribution >= 0.6 is 11.3 Å². The molecule has 144 valence electrons. The Bertz CT molecular complexity index is 740. The van der Waals surface area contributed by atoms with E-state index in [9.17, 15) is 9.59 Å². The molecule has 0 unspecified atom stereocenters. The zero-order valence-electron chi connectivity index (χ0n) is 15.4. The predicted octanol–water partition coefficient (Wildman–Crippen LogP) is 2.33. The van der Waals surface area contributed by atoms with E-state index in [1.54, 1.807) is 18.4 Å². The van der Waals surface area contributed by atoms with Gasteiger partial charge in [-0.1, -0.05) is 12.1 Å². The number of carbonyl (C=O) groups is 2. The summed E-state index contributed by atoms with van der Waals surface area (Å²) >= 11 is 1.65. The van der Waals surface area contributed by atoms with Crippen LogP contribution in [0.25, 0.3) is 0 Å². The van der Waals surface area contributed by atoms with Gasteiger partial charge in [-0.05, 0) is 66.0 Å². The van der Waals surface area contributed by atoms with Crippen molar-refractivity contribution in [3.63, 3.8) is 0 Å². The monoisotopic (exact) mass is 387 g/mol. The molecule has 0 spiro atoms. The van der Waals surface area contributed by atoms with Crippen LogP contribution < -0.4 is 15.4 Å². The lowest BCUT2D eigenvalue weighted by Gasteiger charge is -2.27. The van der Waals surface area contributed by atoms with E-state index in [0.717, 1.165) is 24.4 Å². The summed E-state index contributed by atoms with van der Waals surface area (Å²) in [7, 11) is 1.60. The highest BCUT2D eigenvalue weighted by Crippen LogP contribution is 2.26. The highest BCUT2D eigenvalue weighted by atomic mass is 32.1. The molecule has 1 saturated heterocycles. The molecule has 0 radical (unpaired) electrons. The van der Waals surface area contributed by atoms with Crippen molar-refractivity contribution < 1.29 is 14.3 Å². The average molecular weight is 388 g/mol. The number of hydrogen-bond donors (Lipinski definition) is 2. The van der Waals surface area contributed by atoms with Gasteiger partial charge in [0.15, 0.2) is 0 Å². The fourth-order valence-corrected chi connectivity index (χ4v) is 3.96. The summed E-state index contributed by atoms with van der Waals surface area (Å²) in [5, 5.41) is 9.61. The van der Waals surface area contributed by atoms with Crippen molar-refractivity contribution in [2.75, 3.05) is 26.7 Å². The number of hydrogen-bond acceptors (Lipinski definition) is 5. The summed E-state index contributed by atoms with van der Waals surface area (Å²) in [6, 6.07) is 9.57. The molecule has 2 heterocycles. The van der Waals surface area contributed by atoms with Crippen LogP contribution in [0.3, 0.4) is 0 Å². The second-order valence-electron chi connectivity index (χ2n) is 6.56. The van der Waals surface area contributed by atoms with Crippen molar-refractivity contribution in [2.24, 2.45) is 0 Å². The third kappa shape index (κ3) is 5.30. The van der Waals surface area contributed by atoms with Gasteiger partial charge in [0.2, 0.25) is 0 Å². The smallest absolute Gasteiger partial charge is 0.309 e. The number of amides is 2. The van der Waals surface area contributed by atoms with E-state index in [1.807, 2.05) is 29.6 Å². The topological polar surface area (TPSA) is 70.7 Å². The number of ether oxygens (including phenoxy) is 1. The van der Waals surface area contributed by atoms with Crippen LogP contribution in [-0.4, -0.2) is 43.5 Å². The van der Waals surface area contributed by atoms with E-state index in [1.165, 1.54) is 18.4 Å². The number of methoxy groups -OCH3 is 1. The van der Waals surface area contributed by atoms with Crippen LogP contribution in [-0.2, 0) is 16.1 Å². The Morgan fingerprint density at radius 1 is 1.11 bits per heavy atom. The van der Waals surface area contributed by atoms with Crippen molar-refractivity contribution in [3.8, 4) is 5.75 Å². The van der Waals surface area contributed by atoms with Gasteiger partial charge in [0.1, 0.15) is 5.75 Å². The maximum atomic E-state index is 12.2. The fourth-order valence-electron chi connectivity index (χ4n) is 3.25. The van der Waals surface area contributed by atoms with Crippen LogP contribution in [0.2, 0.25) is 0 Å². The summed E-state index contributed by atoms with van der Waals surface area (Å²) in [6.45, 7) is 2.79. The van der Waals surface area contributed by atoms with Gasteiger partial charge < -0.3 is 15.4 Å². The quantitative estimate of drug-likeness (QED) is 0.716. The maximum absolute atomic E-state index is 12.2. The highest BCUT2D eigenvalue weighted by Gasteiger charge is 2.25. The van der Waals surface area contributed by atoms with Gasteiger partial charge in [-0.2, -0.15) is 11.3 Å². The minimum atomic E-state index is -0.615. The molecule has 6 nitrogen and oxygen atoms in total. The first-order valence-electron chi connectivity index (χ1n) is 9.12. The Morgan fingerprint density at radius 3 is 2.44 bits per heavy atom. The normalized spacial score (nSPS) is 15.3. The predicted molar refractivity (Wildman–Crippen MR) is 106 cm³/mol. The number of thiophene rings is 1. The summed E-state index contributed by atoms with van der Waals surface area (Å²) in [5.74, 6) is -0.455. The molecule has 2 amide bonds. The van der Waals surface area contributed by atoms with Gasteiger partial charge in [-0.3, -0.25) is 14.5 Å². The standard InChI is InChI=1S/C20H25N3O3S/c1-26-17-6-4-15(5-7-17)12-21-19(24)20(25)22-13-18(16-8-11-27-14-16)23-9-2-3-10-23/h4-8,11,14,18H,2-3,9-10,12-13H2,1H3,(H,21,24)(H,22,25)/t18-/m0/s1. The van der Waals surface area contributed by atoms with Crippen molar-refractivity contribution in [3.05, 3.63) is 52.2 Å². The summed E-state index contributed by atoms with van der Waals surface area (Å²) in [5.41, 5.74) is 2.10. The molecule has 1 aliphatic heterocycles. The van der Waals surface area contributed by atoms with Crippen molar-refractivity contribution in [1.82, 2.24) is 15.5 Å². The number of rotatable bonds is 7. The molecule has 0 aliphatic carbocycles. The van der Waals surface area contributed by atoms with Gasteiger partial charge in [0.25, 0.3) is 0 Å². The van der Waals surface area contributed by atoms with E-state index in [4.69, 9.17) is 4.74 Å². The molecule has 2 aromatic rings. The van der Waals surface area contributed by atoms with Gasteiger partial charge in [-0.25, -0.2) is 0 Å². The number of carbonyl (C=O) groups excluding carboxylic acids is 2. The third-order valence-corrected chi connectivity index (χ3v) is 5.49. The van der Waals surface area contributed by atoms with Gasteiger partial charge >= 0.3 is 11.8 Å². The molecule has 1 aromatic carbocycles. The Labute approximate surface area is 163 Å². The minimum absolute atomic E-state index is 0.122. The molecule has 1 fully saturated rings. The van der Waals surface area contributed by atoms with Crippen molar-refractivity contribution in [2.45, 2.75) is 25.4 Å². The zero-order chi connectivity index (χ0) is 19.1. The minimum Gasteiger partial charge on any atom is -0.497 e. The molecule has 2 N–H and O–H groups in total. The highest BCUT2D eigenvalue weighted by molar-refractivity contribution is 7.08. The second kappa shape index (κ2) is 9.53. The van der Waals surface area contributed by atoms with Crippen LogP contribution in [0.15, 0.2) is 41.1 Å². The van der Waals surface area contributed by atoms with E-state index in [-0.39, 0.29) is 6.04 Å². The Morgan fingerprint density at radius 2 is 1.81 bits per heavy atom. The maximum Gasteiger partial charge on any atom is 0.309 e. The van der Waals surface area contributed by atoms with Crippen molar-refractivity contribution in [1.29, 1.82) is 0 Å². The molecule has 1 atom stereocenters. The zero-order valence-corrected chi connectivity index (χ0v) is 16.3. The van der Waals surface area contributed by atoms with Gasteiger partial charge in [0, 0.05) is 13.1 Å². The van der Waals surface area contributed by atoms with Crippen LogP contribution in [0.1, 0.15) is 30.0 Å². The summed E-state index contributed by atoms with van der Waals surface area (Å²) < 4.78 is 5.11. The molecular formula is C20H25N3O3S. The number of likely N-dealkylation sites (tertiary alicyclic amines) is 1. The van der Waals surface area contributed by atoms with E-state index < -0.39 is 11.8 Å². The first-order valence-corrected chi connectivity index (χ1v) is 10.1. The van der Waals surface area contributed by atoms with E-state index in [0.29, 0.717) is 13.1 Å². The fraction of sp³-hybridized carbons (Fsp3) is 0.400. The van der Waals surface area contributed by atoms with Gasteiger partial charge in [-0.15, -0.1) is 0 Å². The van der Waals surface area contributed by atoms with E-state index >= 15 is 0 Å². The second-order valence-corrected chi connectivity index (χ2v) is 7.34. The van der Waals surface area contributed by atoms with Crippen LogP contribution in [0.4, 0.5) is 0 Å².